The number of nitriles is 1. The molecule has 1 heterocycles. The van der Waals surface area contributed by atoms with Crippen LogP contribution in [0.3, 0.4) is 0 Å². The summed E-state index contributed by atoms with van der Waals surface area (Å²) >= 11 is 0. The number of nitrogens with zero attached hydrogens (tertiary/aromatic N) is 2. The monoisotopic (exact) mass is 228 g/mol. The Kier molecular flexibility index (Phi) is 3.43. The molecule has 1 aliphatic heterocycles. The van der Waals surface area contributed by atoms with Crippen LogP contribution in [0.15, 0.2) is 24.3 Å². The minimum Gasteiger partial charge on any atom is -0.337 e. The summed E-state index contributed by atoms with van der Waals surface area (Å²) < 4.78 is 0. The first-order valence-electron chi connectivity index (χ1n) is 5.95. The molecule has 0 aliphatic carbocycles. The van der Waals surface area contributed by atoms with Crippen LogP contribution in [0.2, 0.25) is 0 Å². The molecule has 0 saturated carbocycles. The summed E-state index contributed by atoms with van der Waals surface area (Å²) in [5.41, 5.74) is 2.48. The molecule has 1 aromatic carbocycles. The number of carbonyl (C=O) groups excluding carboxylic acids is 1. The van der Waals surface area contributed by atoms with Crippen LogP contribution in [-0.2, 0) is 11.3 Å². The Morgan fingerprint density at radius 1 is 1.47 bits per heavy atom. The quantitative estimate of drug-likeness (QED) is 0.780. The molecule has 1 aromatic rings. The maximum absolute atomic E-state index is 12.0. The Balaban J connectivity index is 2.26. The van der Waals surface area contributed by atoms with Gasteiger partial charge in [-0.05, 0) is 17.0 Å². The van der Waals surface area contributed by atoms with E-state index in [1.54, 1.807) is 4.90 Å². The van der Waals surface area contributed by atoms with Crippen molar-refractivity contribution < 1.29 is 4.79 Å². The number of amides is 1. The first kappa shape index (κ1) is 11.7. The van der Waals surface area contributed by atoms with Gasteiger partial charge in [0.25, 0.3) is 0 Å². The molecular weight excluding hydrogens is 212 g/mol. The molecule has 0 spiro atoms. The molecule has 17 heavy (non-hydrogen) atoms. The second-order valence-electron chi connectivity index (χ2n) is 4.53. The summed E-state index contributed by atoms with van der Waals surface area (Å²) in [6.07, 6.45) is 0.949. The molecule has 3 nitrogen and oxygen atoms in total. The van der Waals surface area contributed by atoms with Crippen molar-refractivity contribution in [3.63, 3.8) is 0 Å². The summed E-state index contributed by atoms with van der Waals surface area (Å²) in [6, 6.07) is 10.3. The van der Waals surface area contributed by atoms with Gasteiger partial charge in [0, 0.05) is 19.5 Å². The lowest BCUT2D eigenvalue weighted by Crippen LogP contribution is -2.30. The highest BCUT2D eigenvalue weighted by atomic mass is 16.2. The zero-order valence-electron chi connectivity index (χ0n) is 10.0. The standard InChI is InChI=1S/C14H16N2O/c1-11-9-14(17)16(8-4-7-15)10-12-5-2-3-6-13(11)12/h2-3,5-6,11H,4,8-10H2,1H3. The highest BCUT2D eigenvalue weighted by Crippen LogP contribution is 2.28. The van der Waals surface area contributed by atoms with E-state index in [2.05, 4.69) is 25.1 Å². The fourth-order valence-electron chi connectivity index (χ4n) is 2.34. The Morgan fingerprint density at radius 3 is 3.00 bits per heavy atom. The molecule has 2 rings (SSSR count). The van der Waals surface area contributed by atoms with Crippen molar-refractivity contribution in [3.8, 4) is 6.07 Å². The van der Waals surface area contributed by atoms with Crippen molar-refractivity contribution in [3.05, 3.63) is 35.4 Å². The number of rotatable bonds is 2. The average Bonchev–Trinajstić information content (AvgIpc) is 2.45. The molecule has 0 N–H and O–H groups in total. The smallest absolute Gasteiger partial charge is 0.223 e. The molecule has 1 aliphatic rings. The Bertz CT molecular complexity index is 462. The number of hydrogen-bond donors (Lipinski definition) is 0. The van der Waals surface area contributed by atoms with Gasteiger partial charge in [0.05, 0.1) is 12.5 Å². The van der Waals surface area contributed by atoms with Crippen molar-refractivity contribution in [2.75, 3.05) is 6.54 Å². The highest BCUT2D eigenvalue weighted by Gasteiger charge is 2.24. The van der Waals surface area contributed by atoms with Crippen LogP contribution >= 0.6 is 0 Å². The second-order valence-corrected chi connectivity index (χ2v) is 4.53. The van der Waals surface area contributed by atoms with Gasteiger partial charge in [0.1, 0.15) is 0 Å². The molecule has 1 atom stereocenters. The molecule has 0 aromatic heterocycles. The summed E-state index contributed by atoms with van der Waals surface area (Å²) in [5, 5.41) is 8.61. The van der Waals surface area contributed by atoms with Crippen molar-refractivity contribution in [1.82, 2.24) is 4.90 Å². The van der Waals surface area contributed by atoms with Gasteiger partial charge in [-0.3, -0.25) is 4.79 Å². The third-order valence-corrected chi connectivity index (χ3v) is 3.27. The third-order valence-electron chi connectivity index (χ3n) is 3.27. The maximum atomic E-state index is 12.0. The summed E-state index contributed by atoms with van der Waals surface area (Å²) in [4.78, 5) is 13.8. The van der Waals surface area contributed by atoms with Gasteiger partial charge < -0.3 is 4.90 Å². The van der Waals surface area contributed by atoms with E-state index in [9.17, 15) is 4.79 Å². The lowest BCUT2D eigenvalue weighted by atomic mass is 9.94. The van der Waals surface area contributed by atoms with E-state index in [0.29, 0.717) is 25.9 Å². The topological polar surface area (TPSA) is 44.1 Å². The zero-order valence-corrected chi connectivity index (χ0v) is 10.0. The van der Waals surface area contributed by atoms with Crippen molar-refractivity contribution in [1.29, 1.82) is 5.26 Å². The summed E-state index contributed by atoms with van der Waals surface area (Å²) in [7, 11) is 0. The lowest BCUT2D eigenvalue weighted by Gasteiger charge is -2.19. The van der Waals surface area contributed by atoms with E-state index < -0.39 is 0 Å². The van der Waals surface area contributed by atoms with E-state index >= 15 is 0 Å². The number of carbonyl (C=O) groups is 1. The van der Waals surface area contributed by atoms with E-state index in [4.69, 9.17) is 5.26 Å². The van der Waals surface area contributed by atoms with Crippen LogP contribution in [0.5, 0.6) is 0 Å². The third kappa shape index (κ3) is 2.47. The van der Waals surface area contributed by atoms with Crippen LogP contribution in [0.25, 0.3) is 0 Å². The Labute approximate surface area is 102 Å². The zero-order chi connectivity index (χ0) is 12.3. The SMILES string of the molecule is CC1CC(=O)N(CCC#N)Cc2ccccc21. The van der Waals surface area contributed by atoms with Crippen LogP contribution in [0.4, 0.5) is 0 Å². The van der Waals surface area contributed by atoms with E-state index in [1.165, 1.54) is 11.1 Å². The minimum atomic E-state index is 0.156. The first-order chi connectivity index (χ1) is 8.22. The number of benzene rings is 1. The largest absolute Gasteiger partial charge is 0.337 e. The number of fused-ring (bicyclic) bond motifs is 1. The normalized spacial score (nSPS) is 19.4. The van der Waals surface area contributed by atoms with E-state index in [0.717, 1.165) is 0 Å². The van der Waals surface area contributed by atoms with Crippen LogP contribution in [-0.4, -0.2) is 17.4 Å². The summed E-state index contributed by atoms with van der Waals surface area (Å²) in [5.74, 6) is 0.426. The summed E-state index contributed by atoms with van der Waals surface area (Å²) in [6.45, 7) is 3.27. The van der Waals surface area contributed by atoms with Crippen molar-refractivity contribution in [2.24, 2.45) is 0 Å². The maximum Gasteiger partial charge on any atom is 0.223 e. The highest BCUT2D eigenvalue weighted by molar-refractivity contribution is 5.78. The van der Waals surface area contributed by atoms with Crippen molar-refractivity contribution >= 4 is 5.91 Å². The molecule has 0 bridgehead atoms. The van der Waals surface area contributed by atoms with Gasteiger partial charge in [0.2, 0.25) is 5.91 Å². The van der Waals surface area contributed by atoms with Crippen LogP contribution in [0, 0.1) is 11.3 Å². The van der Waals surface area contributed by atoms with Crippen LogP contribution < -0.4 is 0 Å². The van der Waals surface area contributed by atoms with Crippen molar-refractivity contribution in [2.45, 2.75) is 32.2 Å². The molecule has 3 heteroatoms. The molecule has 0 fully saturated rings. The molecular formula is C14H16N2O. The molecule has 0 radical (unpaired) electrons. The molecule has 0 saturated heterocycles. The minimum absolute atomic E-state index is 0.156. The van der Waals surface area contributed by atoms with Gasteiger partial charge in [-0.15, -0.1) is 0 Å². The Hall–Kier alpha value is -1.82. The molecule has 1 amide bonds. The van der Waals surface area contributed by atoms with Gasteiger partial charge >= 0.3 is 0 Å². The Morgan fingerprint density at radius 2 is 2.24 bits per heavy atom. The van der Waals surface area contributed by atoms with Gasteiger partial charge in [-0.1, -0.05) is 31.2 Å². The average molecular weight is 228 g/mol. The predicted molar refractivity (Wildman–Crippen MR) is 65.1 cm³/mol. The number of hydrogen-bond acceptors (Lipinski definition) is 2. The van der Waals surface area contributed by atoms with Gasteiger partial charge in [-0.25, -0.2) is 0 Å². The molecule has 1 unspecified atom stereocenters. The first-order valence-corrected chi connectivity index (χ1v) is 5.95. The van der Waals surface area contributed by atoms with Gasteiger partial charge in [0.15, 0.2) is 0 Å². The lowest BCUT2D eigenvalue weighted by molar-refractivity contribution is -0.131. The van der Waals surface area contributed by atoms with E-state index in [-0.39, 0.29) is 11.8 Å². The van der Waals surface area contributed by atoms with E-state index in [1.807, 2.05) is 12.1 Å². The van der Waals surface area contributed by atoms with Gasteiger partial charge in [-0.2, -0.15) is 5.26 Å². The van der Waals surface area contributed by atoms with Crippen LogP contribution in [0.1, 0.15) is 36.8 Å². The fraction of sp³-hybridized carbons (Fsp3) is 0.429. The predicted octanol–water partition coefficient (Wildman–Crippen LogP) is 2.44. The fourth-order valence-corrected chi connectivity index (χ4v) is 2.34. The molecule has 88 valence electrons. The second kappa shape index (κ2) is 5.01.